The Bertz CT molecular complexity index is 66.1. The molecule has 2 aliphatic rings. The Labute approximate surface area is 42.9 Å². The lowest BCUT2D eigenvalue weighted by molar-refractivity contribution is 0.0892. The molecule has 2 fully saturated rings. The fourth-order valence-corrected chi connectivity index (χ4v) is 1.29. The van der Waals surface area contributed by atoms with Crippen molar-refractivity contribution in [3.8, 4) is 0 Å². The highest BCUT2D eigenvalue weighted by molar-refractivity contribution is 4.87. The number of ether oxygens (including phenoxy) is 1. The van der Waals surface area contributed by atoms with Gasteiger partial charge in [-0.25, -0.2) is 0 Å². The lowest BCUT2D eigenvalue weighted by atomic mass is 10.3. The normalized spacial score (nSPS) is 48.0. The Hall–Kier alpha value is -0.0800. The van der Waals surface area contributed by atoms with E-state index in [4.69, 9.17) is 4.74 Å². The van der Waals surface area contributed by atoms with Crippen LogP contribution in [0, 0.1) is 0 Å². The number of morpholine rings is 1. The molecule has 2 aliphatic heterocycles. The molecule has 0 aromatic rings. The van der Waals surface area contributed by atoms with E-state index >= 15 is 0 Å². The molecule has 2 heterocycles. The third-order valence-electron chi connectivity index (χ3n) is 1.71. The van der Waals surface area contributed by atoms with Gasteiger partial charge in [0, 0.05) is 12.6 Å². The minimum atomic E-state index is 0.560. The van der Waals surface area contributed by atoms with Crippen molar-refractivity contribution < 1.29 is 4.74 Å². The molecule has 0 aromatic carbocycles. The van der Waals surface area contributed by atoms with Gasteiger partial charge in [0.25, 0.3) is 0 Å². The minimum absolute atomic E-state index is 0.560. The van der Waals surface area contributed by atoms with Gasteiger partial charge in [-0.1, -0.05) is 0 Å². The van der Waals surface area contributed by atoms with Crippen molar-refractivity contribution >= 4 is 0 Å². The summed E-state index contributed by atoms with van der Waals surface area (Å²) in [6, 6.07) is 0.699. The molecule has 0 saturated carbocycles. The second-order valence-corrected chi connectivity index (χ2v) is 2.30. The van der Waals surface area contributed by atoms with E-state index in [1.165, 1.54) is 6.42 Å². The summed E-state index contributed by atoms with van der Waals surface area (Å²) in [5, 5.41) is 3.33. The molecule has 2 rings (SSSR count). The van der Waals surface area contributed by atoms with Crippen LogP contribution >= 0.6 is 0 Å². The Balaban J connectivity index is 2.12. The lowest BCUT2D eigenvalue weighted by Gasteiger charge is -2.09. The summed E-state index contributed by atoms with van der Waals surface area (Å²) >= 11 is 0. The second kappa shape index (κ2) is 1.20. The van der Waals surface area contributed by atoms with Crippen LogP contribution in [0.25, 0.3) is 0 Å². The summed E-state index contributed by atoms with van der Waals surface area (Å²) in [4.78, 5) is 0. The van der Waals surface area contributed by atoms with E-state index < -0.39 is 0 Å². The fourth-order valence-electron chi connectivity index (χ4n) is 1.29. The van der Waals surface area contributed by atoms with E-state index in [0.29, 0.717) is 12.1 Å². The van der Waals surface area contributed by atoms with Crippen LogP contribution in [0.5, 0.6) is 0 Å². The largest absolute Gasteiger partial charge is 0.375 e. The van der Waals surface area contributed by atoms with Crippen molar-refractivity contribution in [1.29, 1.82) is 0 Å². The highest BCUT2D eigenvalue weighted by Gasteiger charge is 2.31. The molecule has 0 aromatic heterocycles. The Morgan fingerprint density at radius 1 is 1.57 bits per heavy atom. The van der Waals surface area contributed by atoms with Crippen LogP contribution < -0.4 is 5.32 Å². The van der Waals surface area contributed by atoms with E-state index in [2.05, 4.69) is 5.32 Å². The van der Waals surface area contributed by atoms with Crippen molar-refractivity contribution in [2.45, 2.75) is 18.6 Å². The molecule has 0 amide bonds. The number of fused-ring (bicyclic) bond motifs is 2. The van der Waals surface area contributed by atoms with Crippen molar-refractivity contribution in [2.75, 3.05) is 13.2 Å². The highest BCUT2D eigenvalue weighted by atomic mass is 16.5. The highest BCUT2D eigenvalue weighted by Crippen LogP contribution is 2.17. The molecule has 2 nitrogen and oxygen atoms in total. The topological polar surface area (TPSA) is 21.3 Å². The first-order valence-electron chi connectivity index (χ1n) is 2.80. The molecule has 0 aliphatic carbocycles. The molecule has 0 spiro atoms. The smallest absolute Gasteiger partial charge is 0.0716 e. The predicted molar refractivity (Wildman–Crippen MR) is 26.1 cm³/mol. The van der Waals surface area contributed by atoms with Crippen LogP contribution in [-0.2, 0) is 4.74 Å². The van der Waals surface area contributed by atoms with Crippen LogP contribution in [0.1, 0.15) is 6.42 Å². The summed E-state index contributed by atoms with van der Waals surface area (Å²) < 4.78 is 5.29. The molecule has 2 saturated heterocycles. The monoisotopic (exact) mass is 99.1 g/mol. The zero-order valence-corrected chi connectivity index (χ0v) is 4.18. The molecule has 2 atom stereocenters. The van der Waals surface area contributed by atoms with Crippen molar-refractivity contribution in [3.05, 3.63) is 0 Å². The van der Waals surface area contributed by atoms with Gasteiger partial charge in [-0.3, -0.25) is 0 Å². The summed E-state index contributed by atoms with van der Waals surface area (Å²) in [6.07, 6.45) is 1.81. The first-order valence-corrected chi connectivity index (χ1v) is 2.80. The number of nitrogens with one attached hydrogen (secondary N) is 1. The molecule has 2 heteroatoms. The standard InChI is InChI=1S/C5H9NO/c1-4-3-7-5(1)2-6-4/h4-6H,1-3H2/t4-,5?/m1/s1. The molecule has 7 heavy (non-hydrogen) atoms. The first kappa shape index (κ1) is 3.87. The Morgan fingerprint density at radius 2 is 2.57 bits per heavy atom. The van der Waals surface area contributed by atoms with Gasteiger partial charge in [0.15, 0.2) is 0 Å². The maximum absolute atomic E-state index is 5.29. The van der Waals surface area contributed by atoms with Gasteiger partial charge < -0.3 is 10.1 Å². The molecule has 1 unspecified atom stereocenters. The summed E-state index contributed by atoms with van der Waals surface area (Å²) in [5.74, 6) is 0. The molecule has 40 valence electrons. The summed E-state index contributed by atoms with van der Waals surface area (Å²) in [5.41, 5.74) is 0. The van der Waals surface area contributed by atoms with Gasteiger partial charge >= 0.3 is 0 Å². The van der Waals surface area contributed by atoms with E-state index in [0.717, 1.165) is 13.2 Å². The molecule has 0 radical (unpaired) electrons. The number of hydrogen-bond donors (Lipinski definition) is 1. The van der Waals surface area contributed by atoms with Crippen LogP contribution in [0.3, 0.4) is 0 Å². The minimum Gasteiger partial charge on any atom is -0.375 e. The Morgan fingerprint density at radius 3 is 2.71 bits per heavy atom. The average molecular weight is 99.1 g/mol. The van der Waals surface area contributed by atoms with Crippen molar-refractivity contribution in [3.63, 3.8) is 0 Å². The SMILES string of the molecule is C1N[C@H]2COC1C2. The van der Waals surface area contributed by atoms with Gasteiger partial charge in [-0.05, 0) is 6.42 Å². The van der Waals surface area contributed by atoms with E-state index in [9.17, 15) is 0 Å². The molecule has 1 N–H and O–H groups in total. The van der Waals surface area contributed by atoms with Gasteiger partial charge in [0.2, 0.25) is 0 Å². The third kappa shape index (κ3) is 0.469. The quantitative estimate of drug-likeness (QED) is 0.452. The van der Waals surface area contributed by atoms with Crippen LogP contribution in [0.15, 0.2) is 0 Å². The van der Waals surface area contributed by atoms with Gasteiger partial charge in [-0.2, -0.15) is 0 Å². The van der Waals surface area contributed by atoms with E-state index in [1.54, 1.807) is 0 Å². The number of hydrogen-bond acceptors (Lipinski definition) is 2. The first-order chi connectivity index (χ1) is 3.45. The predicted octanol–water partition coefficient (Wildman–Crippen LogP) is -0.253. The summed E-state index contributed by atoms with van der Waals surface area (Å²) in [6.45, 7) is 2.04. The third-order valence-corrected chi connectivity index (χ3v) is 1.71. The zero-order chi connectivity index (χ0) is 4.69. The Kier molecular flexibility index (Phi) is 0.664. The van der Waals surface area contributed by atoms with Crippen molar-refractivity contribution in [2.24, 2.45) is 0 Å². The molecular formula is C5H9NO. The lowest BCUT2D eigenvalue weighted by Crippen LogP contribution is -2.30. The van der Waals surface area contributed by atoms with Gasteiger partial charge in [-0.15, -0.1) is 0 Å². The molecular weight excluding hydrogens is 90.1 g/mol. The fraction of sp³-hybridized carbons (Fsp3) is 1.00. The van der Waals surface area contributed by atoms with Crippen molar-refractivity contribution in [1.82, 2.24) is 5.32 Å². The van der Waals surface area contributed by atoms with E-state index in [-0.39, 0.29) is 0 Å². The average Bonchev–Trinajstić information content (AvgIpc) is 2.22. The second-order valence-electron chi connectivity index (χ2n) is 2.30. The maximum atomic E-state index is 5.29. The van der Waals surface area contributed by atoms with Crippen LogP contribution in [0.2, 0.25) is 0 Å². The maximum Gasteiger partial charge on any atom is 0.0716 e. The van der Waals surface area contributed by atoms with Gasteiger partial charge in [0.05, 0.1) is 12.7 Å². The van der Waals surface area contributed by atoms with Crippen LogP contribution in [-0.4, -0.2) is 25.3 Å². The van der Waals surface area contributed by atoms with Crippen LogP contribution in [0.4, 0.5) is 0 Å². The van der Waals surface area contributed by atoms with Gasteiger partial charge in [0.1, 0.15) is 0 Å². The molecule has 2 bridgehead atoms. The number of rotatable bonds is 0. The summed E-state index contributed by atoms with van der Waals surface area (Å²) in [7, 11) is 0. The zero-order valence-electron chi connectivity index (χ0n) is 4.18. The van der Waals surface area contributed by atoms with E-state index in [1.807, 2.05) is 0 Å².